The van der Waals surface area contributed by atoms with Gasteiger partial charge in [0, 0.05) is 18.2 Å². The summed E-state index contributed by atoms with van der Waals surface area (Å²) >= 11 is 0. The number of methoxy groups -OCH3 is 1. The maximum absolute atomic E-state index is 9.01. The number of benzene rings is 2. The van der Waals surface area contributed by atoms with E-state index in [0.717, 1.165) is 23.1 Å². The lowest BCUT2D eigenvalue weighted by molar-refractivity contribution is 0.283. The highest BCUT2D eigenvalue weighted by Crippen LogP contribution is 2.32. The molecule has 2 rings (SSSR count). The molecule has 0 saturated heterocycles. The van der Waals surface area contributed by atoms with Crippen LogP contribution in [0, 0.1) is 0 Å². The van der Waals surface area contributed by atoms with Crippen LogP contribution in [0.3, 0.4) is 0 Å². The third-order valence-electron chi connectivity index (χ3n) is 3.38. The van der Waals surface area contributed by atoms with E-state index in [1.54, 1.807) is 7.11 Å². The Balaban J connectivity index is 2.45. The van der Waals surface area contributed by atoms with E-state index in [2.05, 4.69) is 36.2 Å². The molecule has 2 aromatic rings. The summed E-state index contributed by atoms with van der Waals surface area (Å²) in [5, 5.41) is 14.7. The average molecular weight is 271 g/mol. The first-order chi connectivity index (χ1) is 9.80. The SMILES string of the molecule is C=CCC(NCCO)c1cc2ccccc2cc1OC. The number of fused-ring (bicyclic) bond motifs is 1. The van der Waals surface area contributed by atoms with Gasteiger partial charge in [-0.2, -0.15) is 0 Å². The zero-order valence-corrected chi connectivity index (χ0v) is 11.8. The molecule has 106 valence electrons. The Hall–Kier alpha value is -1.84. The molecule has 0 aliphatic rings. The van der Waals surface area contributed by atoms with Crippen molar-refractivity contribution in [1.29, 1.82) is 0 Å². The second-order valence-electron chi connectivity index (χ2n) is 4.70. The van der Waals surface area contributed by atoms with Gasteiger partial charge in [-0.05, 0) is 29.3 Å². The second-order valence-corrected chi connectivity index (χ2v) is 4.70. The first-order valence-corrected chi connectivity index (χ1v) is 6.82. The second kappa shape index (κ2) is 7.08. The van der Waals surface area contributed by atoms with Crippen LogP contribution in [0.1, 0.15) is 18.0 Å². The Labute approximate surface area is 119 Å². The number of hydrogen-bond acceptors (Lipinski definition) is 3. The van der Waals surface area contributed by atoms with Gasteiger partial charge >= 0.3 is 0 Å². The average Bonchev–Trinajstić information content (AvgIpc) is 2.50. The Morgan fingerprint density at radius 1 is 1.30 bits per heavy atom. The van der Waals surface area contributed by atoms with Crippen molar-refractivity contribution in [3.63, 3.8) is 0 Å². The fraction of sp³-hybridized carbons (Fsp3) is 0.294. The van der Waals surface area contributed by atoms with Crippen LogP contribution < -0.4 is 10.1 Å². The van der Waals surface area contributed by atoms with Crippen LogP contribution in [0.25, 0.3) is 10.8 Å². The Morgan fingerprint density at radius 3 is 2.60 bits per heavy atom. The molecule has 1 unspecified atom stereocenters. The summed E-state index contributed by atoms with van der Waals surface area (Å²) in [7, 11) is 1.69. The van der Waals surface area contributed by atoms with Gasteiger partial charge in [0.05, 0.1) is 13.7 Å². The summed E-state index contributed by atoms with van der Waals surface area (Å²) in [6, 6.07) is 12.5. The Bertz CT molecular complexity index is 580. The molecule has 0 aliphatic heterocycles. The molecule has 0 fully saturated rings. The molecule has 3 heteroatoms. The largest absolute Gasteiger partial charge is 0.496 e. The molecule has 0 amide bonds. The smallest absolute Gasteiger partial charge is 0.124 e. The van der Waals surface area contributed by atoms with E-state index in [1.165, 1.54) is 5.39 Å². The van der Waals surface area contributed by atoms with Crippen molar-refractivity contribution < 1.29 is 9.84 Å². The maximum Gasteiger partial charge on any atom is 0.124 e. The molecule has 3 nitrogen and oxygen atoms in total. The molecule has 0 saturated carbocycles. The first kappa shape index (κ1) is 14.6. The Kier molecular flexibility index (Phi) is 5.16. The monoisotopic (exact) mass is 271 g/mol. The van der Waals surface area contributed by atoms with Crippen molar-refractivity contribution in [3.05, 3.63) is 54.6 Å². The minimum Gasteiger partial charge on any atom is -0.496 e. The van der Waals surface area contributed by atoms with E-state index < -0.39 is 0 Å². The quantitative estimate of drug-likeness (QED) is 0.761. The van der Waals surface area contributed by atoms with Crippen LogP contribution in [0.5, 0.6) is 5.75 Å². The van der Waals surface area contributed by atoms with Crippen LogP contribution in [0.15, 0.2) is 49.1 Å². The Morgan fingerprint density at radius 2 is 2.00 bits per heavy atom. The molecule has 0 heterocycles. The van der Waals surface area contributed by atoms with Crippen molar-refractivity contribution in [3.8, 4) is 5.75 Å². The van der Waals surface area contributed by atoms with Gasteiger partial charge < -0.3 is 15.2 Å². The highest BCUT2D eigenvalue weighted by Gasteiger charge is 2.15. The molecule has 0 aliphatic carbocycles. The summed E-state index contributed by atoms with van der Waals surface area (Å²) in [6.45, 7) is 4.47. The summed E-state index contributed by atoms with van der Waals surface area (Å²) < 4.78 is 5.52. The lowest BCUT2D eigenvalue weighted by atomic mass is 9.98. The molecule has 0 radical (unpaired) electrons. The number of rotatable bonds is 7. The summed E-state index contributed by atoms with van der Waals surface area (Å²) in [5.41, 5.74) is 1.10. The van der Waals surface area contributed by atoms with E-state index in [1.807, 2.05) is 18.2 Å². The fourth-order valence-electron chi connectivity index (χ4n) is 2.41. The van der Waals surface area contributed by atoms with Gasteiger partial charge in [-0.25, -0.2) is 0 Å². The first-order valence-electron chi connectivity index (χ1n) is 6.82. The van der Waals surface area contributed by atoms with E-state index in [0.29, 0.717) is 6.54 Å². The van der Waals surface area contributed by atoms with Gasteiger partial charge in [-0.1, -0.05) is 30.3 Å². The van der Waals surface area contributed by atoms with E-state index in [-0.39, 0.29) is 12.6 Å². The van der Waals surface area contributed by atoms with Crippen LogP contribution >= 0.6 is 0 Å². The molecular formula is C17H21NO2. The minimum atomic E-state index is 0.0965. The topological polar surface area (TPSA) is 41.5 Å². The van der Waals surface area contributed by atoms with Gasteiger partial charge in [0.15, 0.2) is 0 Å². The minimum absolute atomic E-state index is 0.0965. The van der Waals surface area contributed by atoms with Gasteiger partial charge in [0.25, 0.3) is 0 Å². The lowest BCUT2D eigenvalue weighted by Gasteiger charge is -2.20. The number of aliphatic hydroxyl groups is 1. The van der Waals surface area contributed by atoms with Crippen molar-refractivity contribution in [1.82, 2.24) is 5.32 Å². The molecule has 0 bridgehead atoms. The van der Waals surface area contributed by atoms with E-state index >= 15 is 0 Å². The van der Waals surface area contributed by atoms with Crippen molar-refractivity contribution >= 4 is 10.8 Å². The molecule has 1 atom stereocenters. The molecule has 0 spiro atoms. The molecule has 2 N–H and O–H groups in total. The molecule has 20 heavy (non-hydrogen) atoms. The van der Waals surface area contributed by atoms with Gasteiger partial charge in [-0.3, -0.25) is 0 Å². The lowest BCUT2D eigenvalue weighted by Crippen LogP contribution is -2.24. The maximum atomic E-state index is 9.01. The van der Waals surface area contributed by atoms with Crippen LogP contribution in [0.2, 0.25) is 0 Å². The summed E-state index contributed by atoms with van der Waals surface area (Å²) in [5.74, 6) is 0.862. The zero-order valence-electron chi connectivity index (χ0n) is 11.8. The fourth-order valence-corrected chi connectivity index (χ4v) is 2.41. The van der Waals surface area contributed by atoms with Crippen molar-refractivity contribution in [2.45, 2.75) is 12.5 Å². The number of hydrogen-bond donors (Lipinski definition) is 2. The number of aliphatic hydroxyl groups excluding tert-OH is 1. The normalized spacial score (nSPS) is 12.3. The highest BCUT2D eigenvalue weighted by atomic mass is 16.5. The third-order valence-corrected chi connectivity index (χ3v) is 3.38. The van der Waals surface area contributed by atoms with Gasteiger partial charge in [0.2, 0.25) is 0 Å². The predicted octanol–water partition coefficient (Wildman–Crippen LogP) is 3.05. The molecule has 2 aromatic carbocycles. The van der Waals surface area contributed by atoms with Crippen LogP contribution in [-0.2, 0) is 0 Å². The van der Waals surface area contributed by atoms with Gasteiger partial charge in [0.1, 0.15) is 5.75 Å². The summed E-state index contributed by atoms with van der Waals surface area (Å²) in [6.07, 6.45) is 2.67. The highest BCUT2D eigenvalue weighted by molar-refractivity contribution is 5.85. The van der Waals surface area contributed by atoms with Crippen LogP contribution in [-0.4, -0.2) is 25.4 Å². The van der Waals surface area contributed by atoms with Crippen molar-refractivity contribution in [2.24, 2.45) is 0 Å². The standard InChI is InChI=1S/C17H21NO2/c1-3-6-16(18-9-10-19)15-11-13-7-4-5-8-14(13)12-17(15)20-2/h3-5,7-8,11-12,16,18-19H,1,6,9-10H2,2H3. The van der Waals surface area contributed by atoms with Gasteiger partial charge in [-0.15, -0.1) is 6.58 Å². The number of ether oxygens (including phenoxy) is 1. The van der Waals surface area contributed by atoms with Crippen LogP contribution in [0.4, 0.5) is 0 Å². The molecule has 0 aromatic heterocycles. The molecular weight excluding hydrogens is 250 g/mol. The van der Waals surface area contributed by atoms with E-state index in [9.17, 15) is 0 Å². The zero-order chi connectivity index (χ0) is 14.4. The number of nitrogens with one attached hydrogen (secondary N) is 1. The summed E-state index contributed by atoms with van der Waals surface area (Å²) in [4.78, 5) is 0. The third kappa shape index (κ3) is 3.18. The van der Waals surface area contributed by atoms with E-state index in [4.69, 9.17) is 9.84 Å². The van der Waals surface area contributed by atoms with Crippen molar-refractivity contribution in [2.75, 3.05) is 20.3 Å². The predicted molar refractivity (Wildman–Crippen MR) is 83.1 cm³/mol.